The van der Waals surface area contributed by atoms with E-state index in [0.717, 1.165) is 5.56 Å². The van der Waals surface area contributed by atoms with E-state index in [1.807, 2.05) is 6.92 Å². The van der Waals surface area contributed by atoms with E-state index in [2.05, 4.69) is 5.32 Å². The van der Waals surface area contributed by atoms with Gasteiger partial charge in [-0.05, 0) is 50.1 Å². The van der Waals surface area contributed by atoms with Crippen LogP contribution in [0.25, 0.3) is 0 Å². The standard InChI is InChI=1S/C17H18FNO2/c1-11-7-8-14(20)10-15(11)19-16(21)17(2,3)12-5-4-6-13(18)9-12/h4-10,20H,1-3H3,(H,19,21). The highest BCUT2D eigenvalue weighted by Crippen LogP contribution is 2.27. The van der Waals surface area contributed by atoms with Gasteiger partial charge in [-0.15, -0.1) is 0 Å². The molecule has 0 unspecified atom stereocenters. The van der Waals surface area contributed by atoms with Gasteiger partial charge in [0.2, 0.25) is 5.91 Å². The smallest absolute Gasteiger partial charge is 0.234 e. The molecule has 0 atom stereocenters. The second-order valence-electron chi connectivity index (χ2n) is 5.59. The molecule has 0 aliphatic carbocycles. The zero-order valence-corrected chi connectivity index (χ0v) is 12.3. The fourth-order valence-corrected chi connectivity index (χ4v) is 2.03. The second kappa shape index (κ2) is 5.56. The van der Waals surface area contributed by atoms with Gasteiger partial charge in [-0.2, -0.15) is 0 Å². The van der Waals surface area contributed by atoms with Crippen molar-refractivity contribution in [3.05, 3.63) is 59.4 Å². The van der Waals surface area contributed by atoms with Crippen molar-refractivity contribution in [2.75, 3.05) is 5.32 Å². The molecule has 0 aliphatic heterocycles. The Bertz CT molecular complexity index is 680. The van der Waals surface area contributed by atoms with Crippen molar-refractivity contribution < 1.29 is 14.3 Å². The van der Waals surface area contributed by atoms with Gasteiger partial charge in [0, 0.05) is 11.8 Å². The summed E-state index contributed by atoms with van der Waals surface area (Å²) in [7, 11) is 0. The first kappa shape index (κ1) is 15.0. The lowest BCUT2D eigenvalue weighted by Gasteiger charge is -2.24. The monoisotopic (exact) mass is 287 g/mol. The van der Waals surface area contributed by atoms with Crippen LogP contribution in [0.1, 0.15) is 25.0 Å². The normalized spacial score (nSPS) is 11.2. The first-order valence-electron chi connectivity index (χ1n) is 6.68. The van der Waals surface area contributed by atoms with E-state index in [9.17, 15) is 14.3 Å². The number of halogens is 1. The Labute approximate surface area is 123 Å². The summed E-state index contributed by atoms with van der Waals surface area (Å²) in [6.45, 7) is 5.30. The number of phenolic OH excluding ortho intramolecular Hbond substituents is 1. The van der Waals surface area contributed by atoms with Gasteiger partial charge in [0.1, 0.15) is 11.6 Å². The predicted octanol–water partition coefficient (Wildman–Crippen LogP) is 3.76. The lowest BCUT2D eigenvalue weighted by atomic mass is 9.83. The van der Waals surface area contributed by atoms with Gasteiger partial charge in [-0.3, -0.25) is 4.79 Å². The highest BCUT2D eigenvalue weighted by atomic mass is 19.1. The summed E-state index contributed by atoms with van der Waals surface area (Å²) in [6, 6.07) is 10.8. The number of carbonyl (C=O) groups excluding carboxylic acids is 1. The number of rotatable bonds is 3. The Morgan fingerprint density at radius 3 is 2.57 bits per heavy atom. The molecule has 4 heteroatoms. The first-order valence-corrected chi connectivity index (χ1v) is 6.68. The van der Waals surface area contributed by atoms with E-state index >= 15 is 0 Å². The molecular formula is C17H18FNO2. The summed E-state index contributed by atoms with van der Waals surface area (Å²) in [4.78, 5) is 12.5. The van der Waals surface area contributed by atoms with E-state index in [1.165, 1.54) is 18.2 Å². The van der Waals surface area contributed by atoms with Gasteiger partial charge in [0.15, 0.2) is 0 Å². The fraction of sp³-hybridized carbons (Fsp3) is 0.235. The highest BCUT2D eigenvalue weighted by Gasteiger charge is 2.30. The van der Waals surface area contributed by atoms with Crippen LogP contribution in [0.2, 0.25) is 0 Å². The molecule has 0 bridgehead atoms. The number of amides is 1. The van der Waals surface area contributed by atoms with Crippen molar-refractivity contribution in [1.82, 2.24) is 0 Å². The summed E-state index contributed by atoms with van der Waals surface area (Å²) in [5.74, 6) is -0.553. The van der Waals surface area contributed by atoms with Crippen molar-refractivity contribution in [1.29, 1.82) is 0 Å². The average Bonchev–Trinajstić information content (AvgIpc) is 2.42. The molecule has 0 aliphatic rings. The molecule has 2 aromatic carbocycles. The average molecular weight is 287 g/mol. The molecular weight excluding hydrogens is 269 g/mol. The van der Waals surface area contributed by atoms with E-state index in [0.29, 0.717) is 11.3 Å². The zero-order valence-electron chi connectivity index (χ0n) is 12.3. The van der Waals surface area contributed by atoms with E-state index in [1.54, 1.807) is 38.1 Å². The van der Waals surface area contributed by atoms with Gasteiger partial charge >= 0.3 is 0 Å². The summed E-state index contributed by atoms with van der Waals surface area (Å²) in [5.41, 5.74) is 1.10. The quantitative estimate of drug-likeness (QED) is 0.903. The molecule has 0 radical (unpaired) electrons. The largest absolute Gasteiger partial charge is 0.508 e. The Morgan fingerprint density at radius 1 is 1.19 bits per heavy atom. The van der Waals surface area contributed by atoms with Crippen molar-refractivity contribution in [2.24, 2.45) is 0 Å². The molecule has 3 nitrogen and oxygen atoms in total. The minimum atomic E-state index is -0.889. The Morgan fingerprint density at radius 2 is 1.90 bits per heavy atom. The summed E-state index contributed by atoms with van der Waals surface area (Å²) in [6.07, 6.45) is 0. The van der Waals surface area contributed by atoms with Crippen LogP contribution in [0, 0.1) is 12.7 Å². The molecule has 110 valence electrons. The van der Waals surface area contributed by atoms with Crippen LogP contribution >= 0.6 is 0 Å². The van der Waals surface area contributed by atoms with Crippen LogP contribution in [-0.2, 0) is 10.2 Å². The number of phenols is 1. The van der Waals surface area contributed by atoms with Crippen LogP contribution in [0.4, 0.5) is 10.1 Å². The molecule has 0 aromatic heterocycles. The summed E-state index contributed by atoms with van der Waals surface area (Å²) < 4.78 is 13.3. The van der Waals surface area contributed by atoms with E-state index in [-0.39, 0.29) is 17.5 Å². The van der Waals surface area contributed by atoms with Crippen LogP contribution < -0.4 is 5.32 Å². The molecule has 2 rings (SSSR count). The van der Waals surface area contributed by atoms with Crippen LogP contribution in [0.3, 0.4) is 0 Å². The first-order chi connectivity index (χ1) is 9.80. The van der Waals surface area contributed by atoms with Crippen molar-refractivity contribution in [3.8, 4) is 5.75 Å². The van der Waals surface area contributed by atoms with Gasteiger partial charge in [-0.25, -0.2) is 4.39 Å². The number of carbonyl (C=O) groups is 1. The second-order valence-corrected chi connectivity index (χ2v) is 5.59. The Hall–Kier alpha value is -2.36. The van der Waals surface area contributed by atoms with Gasteiger partial charge in [0.25, 0.3) is 0 Å². The molecule has 2 N–H and O–H groups in total. The number of hydrogen-bond acceptors (Lipinski definition) is 2. The highest BCUT2D eigenvalue weighted by molar-refractivity contribution is 5.99. The molecule has 21 heavy (non-hydrogen) atoms. The zero-order chi connectivity index (χ0) is 15.6. The maximum atomic E-state index is 13.3. The number of benzene rings is 2. The van der Waals surface area contributed by atoms with Crippen LogP contribution in [0.15, 0.2) is 42.5 Å². The summed E-state index contributed by atoms with van der Waals surface area (Å²) >= 11 is 0. The number of hydrogen-bond donors (Lipinski definition) is 2. The Kier molecular flexibility index (Phi) is 3.98. The van der Waals surface area contributed by atoms with Gasteiger partial charge < -0.3 is 10.4 Å². The van der Waals surface area contributed by atoms with Crippen molar-refractivity contribution in [2.45, 2.75) is 26.2 Å². The molecule has 1 amide bonds. The topological polar surface area (TPSA) is 49.3 Å². The lowest BCUT2D eigenvalue weighted by Crippen LogP contribution is -2.35. The molecule has 0 saturated carbocycles. The van der Waals surface area contributed by atoms with Crippen molar-refractivity contribution >= 4 is 11.6 Å². The minimum absolute atomic E-state index is 0.0828. The number of anilines is 1. The van der Waals surface area contributed by atoms with Gasteiger partial charge in [-0.1, -0.05) is 18.2 Å². The van der Waals surface area contributed by atoms with Crippen LogP contribution in [0.5, 0.6) is 5.75 Å². The molecule has 0 spiro atoms. The SMILES string of the molecule is Cc1ccc(O)cc1NC(=O)C(C)(C)c1cccc(F)c1. The maximum Gasteiger partial charge on any atom is 0.234 e. The van der Waals surface area contributed by atoms with E-state index < -0.39 is 5.41 Å². The lowest BCUT2D eigenvalue weighted by molar-refractivity contribution is -0.120. The maximum absolute atomic E-state index is 13.3. The van der Waals surface area contributed by atoms with Gasteiger partial charge in [0.05, 0.1) is 5.41 Å². The van der Waals surface area contributed by atoms with Crippen LogP contribution in [-0.4, -0.2) is 11.0 Å². The molecule has 0 saturated heterocycles. The molecule has 2 aromatic rings. The third-order valence-corrected chi connectivity index (χ3v) is 3.58. The molecule has 0 fully saturated rings. The number of aromatic hydroxyl groups is 1. The van der Waals surface area contributed by atoms with E-state index in [4.69, 9.17) is 0 Å². The Balaban J connectivity index is 2.28. The predicted molar refractivity (Wildman–Crippen MR) is 80.9 cm³/mol. The van der Waals surface area contributed by atoms with Crippen molar-refractivity contribution in [3.63, 3.8) is 0 Å². The number of aryl methyl sites for hydroxylation is 1. The number of nitrogens with one attached hydrogen (secondary N) is 1. The summed E-state index contributed by atoms with van der Waals surface area (Å²) in [5, 5.41) is 12.3. The third-order valence-electron chi connectivity index (χ3n) is 3.58. The molecule has 0 heterocycles. The minimum Gasteiger partial charge on any atom is -0.508 e. The third kappa shape index (κ3) is 3.21. The fourth-order valence-electron chi connectivity index (χ4n) is 2.03.